The number of furan rings is 1. The van der Waals surface area contributed by atoms with Crippen molar-refractivity contribution in [3.05, 3.63) is 30.0 Å². The summed E-state index contributed by atoms with van der Waals surface area (Å²) in [6, 6.07) is 5.86. The van der Waals surface area contributed by atoms with Crippen LogP contribution in [0.4, 0.5) is 0 Å². The molecular formula is C11H14ClNO2. The van der Waals surface area contributed by atoms with E-state index in [1.807, 2.05) is 18.2 Å². The molecule has 0 bridgehead atoms. The topological polar surface area (TPSA) is 48.4 Å². The lowest BCUT2D eigenvalue weighted by Gasteiger charge is -1.99. The van der Waals surface area contributed by atoms with Gasteiger partial charge in [0.25, 0.3) is 0 Å². The van der Waals surface area contributed by atoms with Gasteiger partial charge in [0.05, 0.1) is 13.4 Å². The zero-order valence-electron chi connectivity index (χ0n) is 8.53. The number of halogens is 1. The Morgan fingerprint density at radius 3 is 2.87 bits per heavy atom. The molecule has 15 heavy (non-hydrogen) atoms. The molecule has 0 saturated heterocycles. The standard InChI is InChI=1S/C11H13NO2.ClH/c1-13-10-4-2-3-9-8(5-6-12)7-14-11(9)10;/h2-4,7H,5-6,12H2,1H3;1H. The zero-order valence-corrected chi connectivity index (χ0v) is 9.34. The maximum atomic E-state index is 5.51. The number of benzene rings is 1. The van der Waals surface area contributed by atoms with Crippen LogP contribution in [0.15, 0.2) is 28.9 Å². The summed E-state index contributed by atoms with van der Waals surface area (Å²) in [7, 11) is 1.64. The Kier molecular flexibility index (Phi) is 4.00. The van der Waals surface area contributed by atoms with Crippen LogP contribution in [0.25, 0.3) is 11.0 Å². The molecule has 1 heterocycles. The summed E-state index contributed by atoms with van der Waals surface area (Å²) in [5, 5.41) is 1.09. The van der Waals surface area contributed by atoms with Crippen LogP contribution in [0.1, 0.15) is 5.56 Å². The molecule has 0 amide bonds. The normalized spacial score (nSPS) is 10.0. The lowest BCUT2D eigenvalue weighted by molar-refractivity contribution is 0.410. The van der Waals surface area contributed by atoms with Crippen molar-refractivity contribution in [2.75, 3.05) is 13.7 Å². The van der Waals surface area contributed by atoms with E-state index in [4.69, 9.17) is 14.9 Å². The molecule has 0 aliphatic carbocycles. The van der Waals surface area contributed by atoms with Crippen molar-refractivity contribution in [3.63, 3.8) is 0 Å². The van der Waals surface area contributed by atoms with E-state index in [9.17, 15) is 0 Å². The molecule has 0 aliphatic rings. The number of para-hydroxylation sites is 1. The number of fused-ring (bicyclic) bond motifs is 1. The largest absolute Gasteiger partial charge is 0.493 e. The van der Waals surface area contributed by atoms with Gasteiger partial charge in [-0.3, -0.25) is 0 Å². The highest BCUT2D eigenvalue weighted by atomic mass is 35.5. The van der Waals surface area contributed by atoms with Gasteiger partial charge in [-0.2, -0.15) is 0 Å². The van der Waals surface area contributed by atoms with E-state index in [0.29, 0.717) is 6.54 Å². The SMILES string of the molecule is COc1cccc2c(CCN)coc12.Cl. The first-order valence-electron chi connectivity index (χ1n) is 4.60. The molecule has 0 aliphatic heterocycles. The number of hydrogen-bond acceptors (Lipinski definition) is 3. The minimum absolute atomic E-state index is 0. The molecule has 2 N–H and O–H groups in total. The Balaban J connectivity index is 0.00000112. The molecule has 3 nitrogen and oxygen atoms in total. The van der Waals surface area contributed by atoms with E-state index in [1.165, 1.54) is 0 Å². The number of methoxy groups -OCH3 is 1. The Labute approximate surface area is 94.6 Å². The highest BCUT2D eigenvalue weighted by Gasteiger charge is 2.08. The molecule has 0 radical (unpaired) electrons. The van der Waals surface area contributed by atoms with Crippen LogP contribution < -0.4 is 10.5 Å². The fourth-order valence-electron chi connectivity index (χ4n) is 1.59. The molecule has 0 spiro atoms. The zero-order chi connectivity index (χ0) is 9.97. The number of rotatable bonds is 3. The Bertz CT molecular complexity index is 439. The van der Waals surface area contributed by atoms with E-state index >= 15 is 0 Å². The minimum atomic E-state index is 0. The lowest BCUT2D eigenvalue weighted by atomic mass is 10.1. The smallest absolute Gasteiger partial charge is 0.175 e. The summed E-state index contributed by atoms with van der Waals surface area (Å²) in [5.74, 6) is 0.769. The summed E-state index contributed by atoms with van der Waals surface area (Å²) in [6.07, 6.45) is 2.58. The lowest BCUT2D eigenvalue weighted by Crippen LogP contribution is -2.01. The van der Waals surface area contributed by atoms with E-state index in [0.717, 1.165) is 28.7 Å². The van der Waals surface area contributed by atoms with Crippen molar-refractivity contribution in [2.24, 2.45) is 5.73 Å². The molecule has 82 valence electrons. The van der Waals surface area contributed by atoms with Crippen molar-refractivity contribution >= 4 is 23.4 Å². The van der Waals surface area contributed by atoms with Gasteiger partial charge in [-0.25, -0.2) is 0 Å². The summed E-state index contributed by atoms with van der Waals surface area (Å²) in [5.41, 5.74) is 7.45. The molecule has 1 aromatic carbocycles. The van der Waals surface area contributed by atoms with Crippen LogP contribution in [0.3, 0.4) is 0 Å². The third-order valence-corrected chi connectivity index (χ3v) is 2.28. The van der Waals surface area contributed by atoms with Crippen molar-refractivity contribution in [1.29, 1.82) is 0 Å². The van der Waals surface area contributed by atoms with Crippen molar-refractivity contribution in [3.8, 4) is 5.75 Å². The van der Waals surface area contributed by atoms with Crippen molar-refractivity contribution < 1.29 is 9.15 Å². The van der Waals surface area contributed by atoms with Gasteiger partial charge in [0.15, 0.2) is 11.3 Å². The molecule has 0 fully saturated rings. The van der Waals surface area contributed by atoms with E-state index in [-0.39, 0.29) is 12.4 Å². The molecule has 0 unspecified atom stereocenters. The highest BCUT2D eigenvalue weighted by Crippen LogP contribution is 2.29. The van der Waals surface area contributed by atoms with E-state index in [2.05, 4.69) is 0 Å². The van der Waals surface area contributed by atoms with Gasteiger partial charge in [0.2, 0.25) is 0 Å². The van der Waals surface area contributed by atoms with Crippen molar-refractivity contribution in [1.82, 2.24) is 0 Å². The van der Waals surface area contributed by atoms with Gasteiger partial charge in [0, 0.05) is 5.39 Å². The third-order valence-electron chi connectivity index (χ3n) is 2.28. The molecule has 1 aromatic heterocycles. The Morgan fingerprint density at radius 1 is 1.40 bits per heavy atom. The van der Waals surface area contributed by atoms with Gasteiger partial charge >= 0.3 is 0 Å². The molecule has 2 rings (SSSR count). The number of ether oxygens (including phenoxy) is 1. The maximum Gasteiger partial charge on any atom is 0.175 e. The molecule has 4 heteroatoms. The van der Waals surface area contributed by atoms with Gasteiger partial charge in [-0.15, -0.1) is 12.4 Å². The van der Waals surface area contributed by atoms with Gasteiger partial charge < -0.3 is 14.9 Å². The van der Waals surface area contributed by atoms with Gasteiger partial charge in [-0.1, -0.05) is 12.1 Å². The van der Waals surface area contributed by atoms with Crippen LogP contribution in [-0.2, 0) is 6.42 Å². The average molecular weight is 228 g/mol. The van der Waals surface area contributed by atoms with Crippen LogP contribution in [0.5, 0.6) is 5.75 Å². The Morgan fingerprint density at radius 2 is 2.20 bits per heavy atom. The van der Waals surface area contributed by atoms with E-state index < -0.39 is 0 Å². The predicted octanol–water partition coefficient (Wildman–Crippen LogP) is 2.36. The quantitative estimate of drug-likeness (QED) is 0.876. The predicted molar refractivity (Wildman–Crippen MR) is 62.8 cm³/mol. The maximum absolute atomic E-state index is 5.51. The van der Waals surface area contributed by atoms with Gasteiger partial charge in [-0.05, 0) is 24.6 Å². The second-order valence-corrected chi connectivity index (χ2v) is 3.14. The van der Waals surface area contributed by atoms with Crippen LogP contribution in [0, 0.1) is 0 Å². The van der Waals surface area contributed by atoms with Crippen LogP contribution >= 0.6 is 12.4 Å². The average Bonchev–Trinajstić information content (AvgIpc) is 2.62. The fraction of sp³-hybridized carbons (Fsp3) is 0.273. The third kappa shape index (κ3) is 2.08. The van der Waals surface area contributed by atoms with Crippen LogP contribution in [-0.4, -0.2) is 13.7 Å². The second-order valence-electron chi connectivity index (χ2n) is 3.14. The van der Waals surface area contributed by atoms with Crippen LogP contribution in [0.2, 0.25) is 0 Å². The monoisotopic (exact) mass is 227 g/mol. The fourth-order valence-corrected chi connectivity index (χ4v) is 1.59. The summed E-state index contributed by atoms with van der Waals surface area (Å²) in [6.45, 7) is 0.631. The first-order chi connectivity index (χ1) is 6.86. The summed E-state index contributed by atoms with van der Waals surface area (Å²) < 4.78 is 10.6. The second kappa shape index (κ2) is 5.05. The highest BCUT2D eigenvalue weighted by molar-refractivity contribution is 5.86. The molecule has 0 atom stereocenters. The number of nitrogens with two attached hydrogens (primary N) is 1. The molecular weight excluding hydrogens is 214 g/mol. The van der Waals surface area contributed by atoms with Crippen molar-refractivity contribution in [2.45, 2.75) is 6.42 Å². The molecule has 2 aromatic rings. The first kappa shape index (κ1) is 11.9. The molecule has 0 saturated carbocycles. The summed E-state index contributed by atoms with van der Waals surface area (Å²) in [4.78, 5) is 0. The van der Waals surface area contributed by atoms with Gasteiger partial charge in [0.1, 0.15) is 0 Å². The minimum Gasteiger partial charge on any atom is -0.493 e. The summed E-state index contributed by atoms with van der Waals surface area (Å²) >= 11 is 0. The number of hydrogen-bond donors (Lipinski definition) is 1. The Hall–Kier alpha value is -1.19. The van der Waals surface area contributed by atoms with E-state index in [1.54, 1.807) is 13.4 Å². The first-order valence-corrected chi connectivity index (χ1v) is 4.60.